The van der Waals surface area contributed by atoms with Gasteiger partial charge in [-0.15, -0.1) is 0 Å². The van der Waals surface area contributed by atoms with E-state index in [1.54, 1.807) is 6.33 Å². The Hall–Kier alpha value is -1.95. The lowest BCUT2D eigenvalue weighted by Gasteiger charge is -2.11. The molecule has 2 N–H and O–H groups in total. The highest BCUT2D eigenvalue weighted by atomic mass is 16.3. The molecule has 88 valence electrons. The Kier molecular flexibility index (Phi) is 2.29. The van der Waals surface area contributed by atoms with Crippen LogP contribution >= 0.6 is 0 Å². The summed E-state index contributed by atoms with van der Waals surface area (Å²) in [5, 5.41) is 9.09. The fourth-order valence-corrected chi connectivity index (χ4v) is 2.20. The van der Waals surface area contributed by atoms with Crippen molar-refractivity contribution in [3.8, 4) is 0 Å². The van der Waals surface area contributed by atoms with E-state index < -0.39 is 0 Å². The fourth-order valence-electron chi connectivity index (χ4n) is 2.20. The van der Waals surface area contributed by atoms with Crippen molar-refractivity contribution >= 4 is 11.2 Å². The number of aromatic nitrogens is 4. The first-order chi connectivity index (χ1) is 8.29. The number of hydrogen-bond donors (Lipinski definition) is 2. The van der Waals surface area contributed by atoms with E-state index in [4.69, 9.17) is 5.11 Å². The summed E-state index contributed by atoms with van der Waals surface area (Å²) in [4.78, 5) is 22.2. The van der Waals surface area contributed by atoms with Crippen molar-refractivity contribution < 1.29 is 5.11 Å². The van der Waals surface area contributed by atoms with Crippen LogP contribution in [0.4, 0.5) is 0 Å². The van der Waals surface area contributed by atoms with Crippen molar-refractivity contribution in [1.29, 1.82) is 0 Å². The average molecular weight is 232 g/mol. The molecule has 1 aliphatic rings. The number of aliphatic hydroxyl groups is 1. The van der Waals surface area contributed by atoms with E-state index in [-0.39, 0.29) is 24.1 Å². The van der Waals surface area contributed by atoms with Crippen LogP contribution < -0.4 is 5.56 Å². The zero-order chi connectivity index (χ0) is 11.8. The lowest BCUT2D eigenvalue weighted by atomic mass is 10.1. The van der Waals surface area contributed by atoms with Gasteiger partial charge in [0.05, 0.1) is 18.7 Å². The van der Waals surface area contributed by atoms with E-state index >= 15 is 0 Å². The molecule has 2 heterocycles. The number of imidazole rings is 1. The fraction of sp³-hybridized carbons (Fsp3) is 0.364. The Morgan fingerprint density at radius 1 is 1.47 bits per heavy atom. The molecular formula is C11H12N4O2. The Bertz CT molecular complexity index is 628. The molecule has 2 aromatic rings. The van der Waals surface area contributed by atoms with Gasteiger partial charge in [0, 0.05) is 12.5 Å². The van der Waals surface area contributed by atoms with Crippen molar-refractivity contribution in [2.24, 2.45) is 5.92 Å². The number of aromatic amines is 1. The highest BCUT2D eigenvalue weighted by Gasteiger charge is 2.21. The van der Waals surface area contributed by atoms with Crippen molar-refractivity contribution in [3.63, 3.8) is 0 Å². The first-order valence-corrected chi connectivity index (χ1v) is 5.49. The van der Waals surface area contributed by atoms with Gasteiger partial charge in [0.1, 0.15) is 0 Å². The molecule has 6 nitrogen and oxygen atoms in total. The summed E-state index contributed by atoms with van der Waals surface area (Å²) in [6, 6.07) is 0.117. The van der Waals surface area contributed by atoms with Crippen LogP contribution in [0.15, 0.2) is 29.6 Å². The zero-order valence-corrected chi connectivity index (χ0v) is 9.08. The molecule has 0 saturated carbocycles. The minimum absolute atomic E-state index is 0.117. The molecule has 0 spiro atoms. The molecule has 0 aliphatic heterocycles. The summed E-state index contributed by atoms with van der Waals surface area (Å²) < 4.78 is 1.87. The van der Waals surface area contributed by atoms with Gasteiger partial charge >= 0.3 is 0 Å². The van der Waals surface area contributed by atoms with Gasteiger partial charge in [0.25, 0.3) is 5.56 Å². The summed E-state index contributed by atoms with van der Waals surface area (Å²) in [5.41, 5.74) is 0.713. The molecule has 1 aliphatic carbocycles. The number of aliphatic hydroxyl groups excluding tert-OH is 1. The summed E-state index contributed by atoms with van der Waals surface area (Å²) in [7, 11) is 0. The minimum atomic E-state index is -0.227. The monoisotopic (exact) mass is 232 g/mol. The number of fused-ring (bicyclic) bond motifs is 1. The molecule has 1 unspecified atom stereocenters. The van der Waals surface area contributed by atoms with Gasteiger partial charge in [-0.2, -0.15) is 0 Å². The number of allylic oxidation sites excluding steroid dienone is 1. The molecule has 6 heteroatoms. The Morgan fingerprint density at radius 2 is 2.35 bits per heavy atom. The first-order valence-electron chi connectivity index (χ1n) is 5.49. The summed E-state index contributed by atoms with van der Waals surface area (Å²) in [6.07, 6.45) is 7.83. The molecule has 17 heavy (non-hydrogen) atoms. The molecule has 0 amide bonds. The van der Waals surface area contributed by atoms with Crippen molar-refractivity contribution in [2.45, 2.75) is 12.5 Å². The molecule has 3 rings (SSSR count). The second-order valence-corrected chi connectivity index (χ2v) is 4.19. The van der Waals surface area contributed by atoms with Crippen LogP contribution in [0.2, 0.25) is 0 Å². The van der Waals surface area contributed by atoms with Crippen molar-refractivity contribution in [1.82, 2.24) is 19.5 Å². The minimum Gasteiger partial charge on any atom is -0.396 e. The quantitative estimate of drug-likeness (QED) is 0.726. The summed E-state index contributed by atoms with van der Waals surface area (Å²) in [6.45, 7) is 0.146. The normalized spacial score (nSPS) is 23.6. The zero-order valence-electron chi connectivity index (χ0n) is 9.08. The molecule has 2 aromatic heterocycles. The van der Waals surface area contributed by atoms with Gasteiger partial charge in [-0.25, -0.2) is 9.97 Å². The van der Waals surface area contributed by atoms with Crippen LogP contribution in [-0.2, 0) is 0 Å². The molecule has 2 atom stereocenters. The highest BCUT2D eigenvalue weighted by Crippen LogP contribution is 2.28. The predicted molar refractivity (Wildman–Crippen MR) is 61.5 cm³/mol. The van der Waals surface area contributed by atoms with Gasteiger partial charge in [0.2, 0.25) is 0 Å². The molecule has 0 aromatic carbocycles. The lowest BCUT2D eigenvalue weighted by Crippen LogP contribution is -2.10. The van der Waals surface area contributed by atoms with Gasteiger partial charge in [-0.1, -0.05) is 12.2 Å². The second kappa shape index (κ2) is 3.81. The average Bonchev–Trinajstić information content (AvgIpc) is 2.94. The maximum absolute atomic E-state index is 11.5. The van der Waals surface area contributed by atoms with Crippen LogP contribution in [0.25, 0.3) is 11.2 Å². The third kappa shape index (κ3) is 1.57. The maximum atomic E-state index is 11.5. The molecule has 0 bridgehead atoms. The van der Waals surface area contributed by atoms with Gasteiger partial charge < -0.3 is 14.7 Å². The van der Waals surface area contributed by atoms with Crippen molar-refractivity contribution in [2.75, 3.05) is 6.61 Å². The Labute approximate surface area is 96.6 Å². The van der Waals surface area contributed by atoms with E-state index in [1.807, 2.05) is 16.7 Å². The largest absolute Gasteiger partial charge is 0.396 e. The summed E-state index contributed by atoms with van der Waals surface area (Å²) >= 11 is 0. The maximum Gasteiger partial charge on any atom is 0.278 e. The van der Waals surface area contributed by atoms with Crippen LogP contribution in [0, 0.1) is 5.92 Å². The third-order valence-electron chi connectivity index (χ3n) is 3.11. The predicted octanol–water partition coefficient (Wildman–Crippen LogP) is 0.229. The highest BCUT2D eigenvalue weighted by molar-refractivity contribution is 5.69. The first kappa shape index (κ1) is 10.2. The molecule has 0 fully saturated rings. The van der Waals surface area contributed by atoms with E-state index in [2.05, 4.69) is 15.0 Å². The van der Waals surface area contributed by atoms with Crippen LogP contribution in [-0.4, -0.2) is 31.2 Å². The lowest BCUT2D eigenvalue weighted by molar-refractivity contribution is 0.244. The Morgan fingerprint density at radius 3 is 3.12 bits per heavy atom. The standard InChI is InChI=1S/C11H12N4O2/c16-4-7-1-2-8(3-7)15-6-14-9-10(15)12-5-13-11(9)17/h1-2,5-8,16H,3-4H2,(H,12,13,17)/t7-,8?/m1/s1. The van der Waals surface area contributed by atoms with Gasteiger partial charge in [-0.05, 0) is 6.42 Å². The summed E-state index contributed by atoms with van der Waals surface area (Å²) in [5.74, 6) is 0.180. The van der Waals surface area contributed by atoms with Crippen molar-refractivity contribution in [3.05, 3.63) is 35.2 Å². The number of nitrogens with zero attached hydrogens (tertiary/aromatic N) is 3. The molecular weight excluding hydrogens is 220 g/mol. The van der Waals surface area contributed by atoms with Crippen LogP contribution in [0.5, 0.6) is 0 Å². The van der Waals surface area contributed by atoms with E-state index in [0.29, 0.717) is 11.2 Å². The number of rotatable bonds is 2. The van der Waals surface area contributed by atoms with Gasteiger partial charge in [-0.3, -0.25) is 4.79 Å². The van der Waals surface area contributed by atoms with E-state index in [9.17, 15) is 4.79 Å². The molecule has 0 saturated heterocycles. The topological polar surface area (TPSA) is 83.8 Å². The van der Waals surface area contributed by atoms with Gasteiger partial charge in [0.15, 0.2) is 11.2 Å². The number of H-pyrrole nitrogens is 1. The Balaban J connectivity index is 2.05. The van der Waals surface area contributed by atoms with E-state index in [1.165, 1.54) is 6.33 Å². The number of nitrogens with one attached hydrogen (secondary N) is 1. The number of hydrogen-bond acceptors (Lipinski definition) is 4. The molecule has 0 radical (unpaired) electrons. The third-order valence-corrected chi connectivity index (χ3v) is 3.11. The second-order valence-electron chi connectivity index (χ2n) is 4.19. The van der Waals surface area contributed by atoms with Crippen LogP contribution in [0.1, 0.15) is 12.5 Å². The SMILES string of the molecule is O=c1[nH]cnc2c1ncn2C1C=C[C@@H](CO)C1. The van der Waals surface area contributed by atoms with Crippen LogP contribution in [0.3, 0.4) is 0 Å². The smallest absolute Gasteiger partial charge is 0.278 e. The van der Waals surface area contributed by atoms with E-state index in [0.717, 1.165) is 6.42 Å².